The maximum absolute atomic E-state index is 13.0. The largest absolute Gasteiger partial charge is 0.396 e. The summed E-state index contributed by atoms with van der Waals surface area (Å²) < 4.78 is 39.7. The van der Waals surface area contributed by atoms with Crippen molar-refractivity contribution in [2.45, 2.75) is 31.1 Å². The van der Waals surface area contributed by atoms with Gasteiger partial charge in [0.05, 0.1) is 10.6 Å². The van der Waals surface area contributed by atoms with Crippen LogP contribution < -0.4 is 10.5 Å². The van der Waals surface area contributed by atoms with Gasteiger partial charge in [-0.05, 0) is 42.9 Å². The molecule has 0 heterocycles. The number of hydrogen-bond acceptors (Lipinski definition) is 3. The third kappa shape index (κ3) is 3.45. The highest BCUT2D eigenvalue weighted by molar-refractivity contribution is 7.89. The van der Waals surface area contributed by atoms with E-state index in [1.54, 1.807) is 0 Å². The van der Waals surface area contributed by atoms with Crippen LogP contribution in [0, 0.1) is 17.7 Å². The van der Waals surface area contributed by atoms with Crippen molar-refractivity contribution in [2.75, 3.05) is 12.3 Å². The quantitative estimate of drug-likeness (QED) is 0.833. The Morgan fingerprint density at radius 2 is 2.16 bits per heavy atom. The first-order valence-corrected chi connectivity index (χ1v) is 7.91. The molecule has 0 aliphatic heterocycles. The summed E-state index contributed by atoms with van der Waals surface area (Å²) in [6.45, 7) is 2.61. The molecular weight excluding hydrogens is 267 g/mol. The average Bonchev–Trinajstić information content (AvgIpc) is 2.76. The summed E-state index contributed by atoms with van der Waals surface area (Å²) in [6.07, 6.45) is 3.25. The lowest BCUT2D eigenvalue weighted by atomic mass is 10.1. The Labute approximate surface area is 113 Å². The summed E-state index contributed by atoms with van der Waals surface area (Å²) in [6, 6.07) is 3.45. The molecule has 0 amide bonds. The van der Waals surface area contributed by atoms with Crippen LogP contribution in [0.25, 0.3) is 0 Å². The van der Waals surface area contributed by atoms with Crippen molar-refractivity contribution in [3.05, 3.63) is 24.0 Å². The van der Waals surface area contributed by atoms with Crippen LogP contribution in [0.2, 0.25) is 0 Å². The third-order valence-corrected chi connectivity index (χ3v) is 5.06. The Balaban J connectivity index is 2.03. The lowest BCUT2D eigenvalue weighted by Gasteiger charge is -2.12. The molecule has 1 aromatic rings. The second-order valence-corrected chi connectivity index (χ2v) is 7.09. The van der Waals surface area contributed by atoms with Crippen molar-refractivity contribution in [3.63, 3.8) is 0 Å². The van der Waals surface area contributed by atoms with Crippen LogP contribution in [0.15, 0.2) is 23.1 Å². The maximum atomic E-state index is 13.0. The van der Waals surface area contributed by atoms with E-state index < -0.39 is 15.8 Å². The highest BCUT2D eigenvalue weighted by Crippen LogP contribution is 2.30. The molecule has 1 aromatic carbocycles. The SMILES string of the molecule is CC1CCC(CNS(=O)(=O)c2ccc(F)c(N)c2)C1. The van der Waals surface area contributed by atoms with Gasteiger partial charge in [-0.25, -0.2) is 17.5 Å². The number of halogens is 1. The molecule has 2 unspecified atom stereocenters. The molecule has 19 heavy (non-hydrogen) atoms. The smallest absolute Gasteiger partial charge is 0.240 e. The van der Waals surface area contributed by atoms with E-state index in [1.165, 1.54) is 6.07 Å². The molecule has 3 N–H and O–H groups in total. The van der Waals surface area contributed by atoms with Crippen LogP contribution in [0.4, 0.5) is 10.1 Å². The van der Waals surface area contributed by atoms with E-state index in [0.717, 1.165) is 31.4 Å². The first kappa shape index (κ1) is 14.3. The van der Waals surface area contributed by atoms with Crippen LogP contribution >= 0.6 is 0 Å². The van der Waals surface area contributed by atoms with Crippen molar-refractivity contribution in [2.24, 2.45) is 11.8 Å². The van der Waals surface area contributed by atoms with Gasteiger partial charge in [-0.2, -0.15) is 0 Å². The summed E-state index contributed by atoms with van der Waals surface area (Å²) in [5.74, 6) is 0.446. The number of benzene rings is 1. The molecule has 2 rings (SSSR count). The molecule has 106 valence electrons. The molecule has 0 spiro atoms. The van der Waals surface area contributed by atoms with E-state index in [0.29, 0.717) is 18.4 Å². The summed E-state index contributed by atoms with van der Waals surface area (Å²) in [7, 11) is -3.60. The van der Waals surface area contributed by atoms with Gasteiger partial charge in [0.2, 0.25) is 10.0 Å². The third-order valence-electron chi connectivity index (χ3n) is 3.64. The molecule has 6 heteroatoms. The standard InChI is InChI=1S/C13H19FN2O2S/c1-9-2-3-10(6-9)8-16-19(17,18)11-4-5-12(14)13(15)7-11/h4-5,7,9-10,16H,2-3,6,8,15H2,1H3. The minimum atomic E-state index is -3.60. The van der Waals surface area contributed by atoms with Crippen LogP contribution in [-0.4, -0.2) is 15.0 Å². The van der Waals surface area contributed by atoms with E-state index in [-0.39, 0.29) is 10.6 Å². The number of nitrogen functional groups attached to an aromatic ring is 1. The van der Waals surface area contributed by atoms with Gasteiger partial charge in [0.25, 0.3) is 0 Å². The van der Waals surface area contributed by atoms with Gasteiger partial charge in [0, 0.05) is 6.54 Å². The molecular formula is C13H19FN2O2S. The first-order chi connectivity index (χ1) is 8.88. The molecule has 0 aromatic heterocycles. The predicted octanol–water partition coefficient (Wildman–Crippen LogP) is 2.12. The Bertz CT molecular complexity index is 560. The normalized spacial score (nSPS) is 23.7. The van der Waals surface area contributed by atoms with Crippen molar-refractivity contribution < 1.29 is 12.8 Å². The number of hydrogen-bond donors (Lipinski definition) is 2. The number of nitrogens with one attached hydrogen (secondary N) is 1. The van der Waals surface area contributed by atoms with E-state index in [1.807, 2.05) is 0 Å². The van der Waals surface area contributed by atoms with Gasteiger partial charge >= 0.3 is 0 Å². The van der Waals surface area contributed by atoms with E-state index in [2.05, 4.69) is 11.6 Å². The molecule has 0 bridgehead atoms. The average molecular weight is 286 g/mol. The second kappa shape index (κ2) is 5.46. The number of rotatable bonds is 4. The molecule has 1 fully saturated rings. The van der Waals surface area contributed by atoms with Crippen molar-refractivity contribution >= 4 is 15.7 Å². The Morgan fingerprint density at radius 3 is 2.74 bits per heavy atom. The molecule has 1 saturated carbocycles. The van der Waals surface area contributed by atoms with Crippen molar-refractivity contribution in [1.29, 1.82) is 0 Å². The fraction of sp³-hybridized carbons (Fsp3) is 0.538. The zero-order valence-corrected chi connectivity index (χ0v) is 11.7. The lowest BCUT2D eigenvalue weighted by Crippen LogP contribution is -2.28. The van der Waals surface area contributed by atoms with E-state index in [9.17, 15) is 12.8 Å². The van der Waals surface area contributed by atoms with Crippen LogP contribution in [0.5, 0.6) is 0 Å². The zero-order chi connectivity index (χ0) is 14.0. The Hall–Kier alpha value is -1.14. The minimum absolute atomic E-state index is 0.0115. The van der Waals surface area contributed by atoms with Gasteiger partial charge in [-0.15, -0.1) is 0 Å². The molecule has 0 saturated heterocycles. The fourth-order valence-corrected chi connectivity index (χ4v) is 3.66. The van der Waals surface area contributed by atoms with E-state index in [4.69, 9.17) is 5.73 Å². The molecule has 1 aliphatic rings. The molecule has 4 nitrogen and oxygen atoms in total. The number of anilines is 1. The molecule has 2 atom stereocenters. The van der Waals surface area contributed by atoms with Gasteiger partial charge < -0.3 is 5.73 Å². The Kier molecular flexibility index (Phi) is 4.10. The summed E-state index contributed by atoms with van der Waals surface area (Å²) in [5.41, 5.74) is 5.23. The molecule has 0 radical (unpaired) electrons. The predicted molar refractivity (Wildman–Crippen MR) is 72.5 cm³/mol. The number of nitrogens with two attached hydrogens (primary N) is 1. The summed E-state index contributed by atoms with van der Waals surface area (Å²) in [4.78, 5) is 0.0115. The van der Waals surface area contributed by atoms with Crippen LogP contribution in [0.1, 0.15) is 26.2 Å². The first-order valence-electron chi connectivity index (χ1n) is 6.43. The van der Waals surface area contributed by atoms with E-state index >= 15 is 0 Å². The van der Waals surface area contributed by atoms with Crippen LogP contribution in [0.3, 0.4) is 0 Å². The minimum Gasteiger partial charge on any atom is -0.396 e. The van der Waals surface area contributed by atoms with Gasteiger partial charge in [-0.1, -0.05) is 13.3 Å². The van der Waals surface area contributed by atoms with Crippen LogP contribution in [-0.2, 0) is 10.0 Å². The molecule has 1 aliphatic carbocycles. The lowest BCUT2D eigenvalue weighted by molar-refractivity contribution is 0.498. The number of sulfonamides is 1. The summed E-state index contributed by atoms with van der Waals surface area (Å²) in [5, 5.41) is 0. The summed E-state index contributed by atoms with van der Waals surface area (Å²) >= 11 is 0. The highest BCUT2D eigenvalue weighted by atomic mass is 32.2. The second-order valence-electron chi connectivity index (χ2n) is 5.32. The van der Waals surface area contributed by atoms with Gasteiger partial charge in [0.15, 0.2) is 0 Å². The Morgan fingerprint density at radius 1 is 1.42 bits per heavy atom. The highest BCUT2D eigenvalue weighted by Gasteiger charge is 2.23. The monoisotopic (exact) mass is 286 g/mol. The topological polar surface area (TPSA) is 72.2 Å². The van der Waals surface area contributed by atoms with Crippen molar-refractivity contribution in [3.8, 4) is 0 Å². The zero-order valence-electron chi connectivity index (χ0n) is 10.9. The maximum Gasteiger partial charge on any atom is 0.240 e. The van der Waals surface area contributed by atoms with Crippen molar-refractivity contribution in [1.82, 2.24) is 4.72 Å². The van der Waals surface area contributed by atoms with Gasteiger partial charge in [-0.3, -0.25) is 0 Å². The van der Waals surface area contributed by atoms with Gasteiger partial charge in [0.1, 0.15) is 5.82 Å². The fourth-order valence-electron chi connectivity index (χ4n) is 2.51.